The number of rotatable bonds is 5. The molecule has 1 fully saturated rings. The van der Waals surface area contributed by atoms with Crippen LogP contribution in [-0.2, 0) is 14.3 Å². The second kappa shape index (κ2) is 5.66. The molecular formula is C12H23NO5S. The van der Waals surface area contributed by atoms with Gasteiger partial charge in [0, 0.05) is 12.1 Å². The van der Waals surface area contributed by atoms with Gasteiger partial charge < -0.3 is 10.0 Å². The fourth-order valence-electron chi connectivity index (χ4n) is 2.73. The number of likely N-dealkylation sites (tertiary alicyclic amines) is 1. The molecule has 1 amide bonds. The maximum absolute atomic E-state index is 11.1. The first-order valence-electron chi connectivity index (χ1n) is 6.40. The van der Waals surface area contributed by atoms with Crippen molar-refractivity contribution in [1.82, 2.24) is 4.90 Å². The van der Waals surface area contributed by atoms with Gasteiger partial charge in [-0.05, 0) is 46.0 Å². The Balaban J connectivity index is 2.46. The largest absolute Gasteiger partial charge is 0.465 e. The average Bonchev–Trinajstić information content (AvgIpc) is 2.48. The summed E-state index contributed by atoms with van der Waals surface area (Å²) < 4.78 is 26.8. The molecule has 1 aliphatic heterocycles. The van der Waals surface area contributed by atoms with E-state index in [1.807, 2.05) is 13.8 Å². The molecule has 0 aromatic rings. The molecule has 0 spiro atoms. The van der Waals surface area contributed by atoms with Crippen LogP contribution in [0.4, 0.5) is 4.79 Å². The van der Waals surface area contributed by atoms with Crippen molar-refractivity contribution in [3.05, 3.63) is 0 Å². The lowest BCUT2D eigenvalue weighted by atomic mass is 9.93. The van der Waals surface area contributed by atoms with Crippen molar-refractivity contribution < 1.29 is 22.5 Å². The summed E-state index contributed by atoms with van der Waals surface area (Å²) in [6, 6.07) is 0. The summed E-state index contributed by atoms with van der Waals surface area (Å²) in [5.74, 6) is 0.261. The second-order valence-corrected chi connectivity index (χ2v) is 7.56. The molecule has 6 nitrogen and oxygen atoms in total. The highest BCUT2D eigenvalue weighted by molar-refractivity contribution is 7.86. The highest BCUT2D eigenvalue weighted by Gasteiger charge is 2.40. The SMILES string of the molecule is CC(CCC1CN(C(=O)O)C(C)(C)C1)OS(C)(=O)=O. The number of amides is 1. The maximum atomic E-state index is 11.1. The third kappa shape index (κ3) is 4.99. The van der Waals surface area contributed by atoms with Gasteiger partial charge in [-0.25, -0.2) is 4.79 Å². The standard InChI is InChI=1S/C12H23NO5S/c1-9(18-19(4,16)17)5-6-10-7-12(2,3)13(8-10)11(14)15/h9-10H,5-8H2,1-4H3,(H,14,15). The quantitative estimate of drug-likeness (QED) is 0.783. The molecule has 0 saturated carbocycles. The molecule has 7 heteroatoms. The van der Waals surface area contributed by atoms with Crippen LogP contribution in [0.1, 0.15) is 40.0 Å². The summed E-state index contributed by atoms with van der Waals surface area (Å²) in [5, 5.41) is 9.12. The molecule has 1 aliphatic rings. The molecular weight excluding hydrogens is 270 g/mol. The lowest BCUT2D eigenvalue weighted by Crippen LogP contribution is -2.41. The van der Waals surface area contributed by atoms with Gasteiger partial charge in [-0.1, -0.05) is 0 Å². The van der Waals surface area contributed by atoms with Crippen LogP contribution in [-0.4, -0.2) is 49.0 Å². The molecule has 19 heavy (non-hydrogen) atoms. The molecule has 2 unspecified atom stereocenters. The zero-order valence-electron chi connectivity index (χ0n) is 11.9. The van der Waals surface area contributed by atoms with E-state index in [1.54, 1.807) is 6.92 Å². The summed E-state index contributed by atoms with van der Waals surface area (Å²) in [4.78, 5) is 12.6. The van der Waals surface area contributed by atoms with Gasteiger partial charge >= 0.3 is 6.09 Å². The third-order valence-corrected chi connectivity index (χ3v) is 4.19. The topological polar surface area (TPSA) is 83.9 Å². The highest BCUT2D eigenvalue weighted by Crippen LogP contribution is 2.35. The Labute approximate surface area is 114 Å². The van der Waals surface area contributed by atoms with Crippen LogP contribution in [0.25, 0.3) is 0 Å². The Morgan fingerprint density at radius 3 is 2.53 bits per heavy atom. The molecule has 0 aromatic heterocycles. The van der Waals surface area contributed by atoms with E-state index in [1.165, 1.54) is 4.90 Å². The van der Waals surface area contributed by atoms with E-state index in [0.29, 0.717) is 13.0 Å². The number of hydrogen-bond acceptors (Lipinski definition) is 4. The summed E-state index contributed by atoms with van der Waals surface area (Å²) in [6.45, 7) is 6.05. The van der Waals surface area contributed by atoms with E-state index in [4.69, 9.17) is 9.29 Å². The van der Waals surface area contributed by atoms with E-state index in [2.05, 4.69) is 0 Å². The molecule has 112 valence electrons. The van der Waals surface area contributed by atoms with E-state index in [0.717, 1.165) is 19.1 Å². The predicted octanol–water partition coefficient (Wildman–Crippen LogP) is 1.91. The molecule has 1 heterocycles. The smallest absolute Gasteiger partial charge is 0.407 e. The Bertz CT molecular complexity index is 431. The first-order valence-corrected chi connectivity index (χ1v) is 8.22. The summed E-state index contributed by atoms with van der Waals surface area (Å²) in [5.41, 5.74) is -0.350. The molecule has 0 radical (unpaired) electrons. The van der Waals surface area contributed by atoms with Gasteiger partial charge in [-0.2, -0.15) is 8.42 Å². The Morgan fingerprint density at radius 2 is 2.11 bits per heavy atom. The van der Waals surface area contributed by atoms with Crippen molar-refractivity contribution in [1.29, 1.82) is 0 Å². The van der Waals surface area contributed by atoms with Gasteiger partial charge in [-0.15, -0.1) is 0 Å². The maximum Gasteiger partial charge on any atom is 0.407 e. The van der Waals surface area contributed by atoms with Crippen molar-refractivity contribution >= 4 is 16.2 Å². The Kier molecular flexibility index (Phi) is 4.84. The summed E-state index contributed by atoms with van der Waals surface area (Å²) >= 11 is 0. The molecule has 1 rings (SSSR count). The van der Waals surface area contributed by atoms with Gasteiger partial charge in [0.25, 0.3) is 10.1 Å². The normalized spacial score (nSPS) is 24.4. The number of carboxylic acid groups (broad SMARTS) is 1. The minimum atomic E-state index is -3.42. The van der Waals surface area contributed by atoms with E-state index in [-0.39, 0.29) is 17.6 Å². The zero-order valence-corrected chi connectivity index (χ0v) is 12.7. The molecule has 1 N–H and O–H groups in total. The van der Waals surface area contributed by atoms with Crippen molar-refractivity contribution in [3.63, 3.8) is 0 Å². The van der Waals surface area contributed by atoms with Crippen LogP contribution in [0.2, 0.25) is 0 Å². The van der Waals surface area contributed by atoms with Crippen molar-refractivity contribution in [2.24, 2.45) is 5.92 Å². The number of carbonyl (C=O) groups is 1. The molecule has 2 atom stereocenters. The molecule has 1 saturated heterocycles. The van der Waals surface area contributed by atoms with Gasteiger partial charge in [-0.3, -0.25) is 4.18 Å². The number of hydrogen-bond donors (Lipinski definition) is 1. The van der Waals surface area contributed by atoms with Crippen LogP contribution in [0, 0.1) is 5.92 Å². The number of nitrogens with zero attached hydrogens (tertiary/aromatic N) is 1. The molecule has 0 aliphatic carbocycles. The lowest BCUT2D eigenvalue weighted by molar-refractivity contribution is 0.117. The zero-order chi connectivity index (χ0) is 14.8. The Morgan fingerprint density at radius 1 is 1.53 bits per heavy atom. The van der Waals surface area contributed by atoms with Crippen LogP contribution >= 0.6 is 0 Å². The lowest BCUT2D eigenvalue weighted by Gasteiger charge is -2.28. The summed E-state index contributed by atoms with van der Waals surface area (Å²) in [7, 11) is -3.42. The van der Waals surface area contributed by atoms with Gasteiger partial charge in [0.05, 0.1) is 12.4 Å². The molecule has 0 aromatic carbocycles. The Hall–Kier alpha value is -0.820. The first kappa shape index (κ1) is 16.2. The van der Waals surface area contributed by atoms with Crippen LogP contribution in [0.3, 0.4) is 0 Å². The monoisotopic (exact) mass is 293 g/mol. The van der Waals surface area contributed by atoms with Crippen LogP contribution in [0.5, 0.6) is 0 Å². The third-order valence-electron chi connectivity index (χ3n) is 3.51. The van der Waals surface area contributed by atoms with Gasteiger partial charge in [0.2, 0.25) is 0 Å². The van der Waals surface area contributed by atoms with Crippen molar-refractivity contribution in [2.75, 3.05) is 12.8 Å². The molecule has 0 bridgehead atoms. The fourth-order valence-corrected chi connectivity index (χ4v) is 3.43. The predicted molar refractivity (Wildman–Crippen MR) is 71.5 cm³/mol. The van der Waals surface area contributed by atoms with E-state index >= 15 is 0 Å². The van der Waals surface area contributed by atoms with Crippen molar-refractivity contribution in [3.8, 4) is 0 Å². The van der Waals surface area contributed by atoms with E-state index < -0.39 is 16.2 Å². The van der Waals surface area contributed by atoms with Crippen LogP contribution in [0.15, 0.2) is 0 Å². The fraction of sp³-hybridized carbons (Fsp3) is 0.917. The van der Waals surface area contributed by atoms with E-state index in [9.17, 15) is 13.2 Å². The second-order valence-electron chi connectivity index (χ2n) is 5.96. The minimum Gasteiger partial charge on any atom is -0.465 e. The summed E-state index contributed by atoms with van der Waals surface area (Å²) in [6.07, 6.45) is 1.95. The minimum absolute atomic E-state index is 0.261. The van der Waals surface area contributed by atoms with Gasteiger partial charge in [0.1, 0.15) is 0 Å². The average molecular weight is 293 g/mol. The first-order chi connectivity index (χ1) is 8.51. The highest BCUT2D eigenvalue weighted by atomic mass is 32.2. The van der Waals surface area contributed by atoms with Crippen molar-refractivity contribution in [2.45, 2.75) is 51.7 Å². The van der Waals surface area contributed by atoms with Crippen LogP contribution < -0.4 is 0 Å². The van der Waals surface area contributed by atoms with Gasteiger partial charge in [0.15, 0.2) is 0 Å².